The van der Waals surface area contributed by atoms with E-state index >= 15 is 0 Å². The number of nitrogens with zero attached hydrogens (tertiary/aromatic N) is 4. The van der Waals surface area contributed by atoms with Gasteiger partial charge in [-0.05, 0) is 80.4 Å². The van der Waals surface area contributed by atoms with Gasteiger partial charge in [0.15, 0.2) is 5.82 Å². The molecule has 9 nitrogen and oxygen atoms in total. The first-order chi connectivity index (χ1) is 20.5. The number of hydrogen-bond acceptors (Lipinski definition) is 8. The normalized spacial score (nSPS) is 32.0. The lowest BCUT2D eigenvalue weighted by Crippen LogP contribution is -2.63. The van der Waals surface area contributed by atoms with Crippen LogP contribution < -0.4 is 4.90 Å². The van der Waals surface area contributed by atoms with Gasteiger partial charge in [0, 0.05) is 17.8 Å². The van der Waals surface area contributed by atoms with Gasteiger partial charge in [0.2, 0.25) is 18.5 Å². The van der Waals surface area contributed by atoms with Gasteiger partial charge in [-0.25, -0.2) is 4.79 Å². The lowest BCUT2D eigenvalue weighted by Gasteiger charge is -2.47. The quantitative estimate of drug-likeness (QED) is 0.244. The van der Waals surface area contributed by atoms with E-state index in [1.165, 1.54) is 21.6 Å². The number of fused-ring (bicyclic) bond motifs is 6. The van der Waals surface area contributed by atoms with Crippen LogP contribution in [-0.4, -0.2) is 84.3 Å². The first-order valence-electron chi connectivity index (χ1n) is 16.1. The highest BCUT2D eigenvalue weighted by atomic mass is 32.1. The maximum atomic E-state index is 13.5. The van der Waals surface area contributed by atoms with E-state index in [2.05, 4.69) is 29.2 Å². The summed E-state index contributed by atoms with van der Waals surface area (Å²) in [5.74, 6) is 2.66. The van der Waals surface area contributed by atoms with E-state index in [0.717, 1.165) is 83.5 Å². The maximum absolute atomic E-state index is 13.5. The lowest BCUT2D eigenvalue weighted by atomic mass is 9.78. The number of carbonyl (C=O) groups excluding carboxylic acids is 3. The topological polar surface area (TPSA) is 89.0 Å². The number of amides is 2. The van der Waals surface area contributed by atoms with E-state index in [-0.39, 0.29) is 37.0 Å². The standard InChI is InChI=1S/C32H43N4O5S/c1-2-40-32(39)41-20-36(15-13-34(14-16-36)29-25-9-5-6-10-26(25)42-33-29)19-24-8-4-3-7-23(24)18-35-30(37)27-21-11-12-22(17-21)28(27)31(35)38/h5-6,9-10,21-24,27-28H,2-4,7-8,11-20H2,1H3/q+1. The molecule has 2 saturated heterocycles. The minimum atomic E-state index is -0.613. The number of rotatable bonds is 8. The van der Waals surface area contributed by atoms with Gasteiger partial charge < -0.3 is 14.4 Å². The summed E-state index contributed by atoms with van der Waals surface area (Å²) in [5, 5.41) is 1.19. The number of hydrogen-bond donors (Lipinski definition) is 0. The molecule has 5 aliphatic rings. The molecule has 42 heavy (non-hydrogen) atoms. The number of ether oxygens (including phenoxy) is 2. The fraction of sp³-hybridized carbons (Fsp3) is 0.688. The van der Waals surface area contributed by atoms with Crippen LogP contribution in [0.25, 0.3) is 10.1 Å². The minimum Gasteiger partial charge on any atom is -0.434 e. The van der Waals surface area contributed by atoms with Crippen molar-refractivity contribution in [3.8, 4) is 0 Å². The summed E-state index contributed by atoms with van der Waals surface area (Å²) in [4.78, 5) is 43.4. The van der Waals surface area contributed by atoms with Crippen molar-refractivity contribution in [2.45, 2.75) is 51.9 Å². The van der Waals surface area contributed by atoms with Gasteiger partial charge in [0.05, 0.1) is 55.9 Å². The number of likely N-dealkylation sites (tertiary alicyclic amines) is 1. The first-order valence-corrected chi connectivity index (χ1v) is 16.8. The van der Waals surface area contributed by atoms with Crippen LogP contribution in [0.15, 0.2) is 24.3 Å². The third kappa shape index (κ3) is 4.98. The van der Waals surface area contributed by atoms with Crippen LogP contribution in [-0.2, 0) is 19.1 Å². The van der Waals surface area contributed by atoms with E-state index in [9.17, 15) is 14.4 Å². The lowest BCUT2D eigenvalue weighted by molar-refractivity contribution is -0.947. The Kier molecular flexibility index (Phi) is 7.63. The highest BCUT2D eigenvalue weighted by Crippen LogP contribution is 2.56. The van der Waals surface area contributed by atoms with Gasteiger partial charge in [-0.2, -0.15) is 4.37 Å². The fourth-order valence-corrected chi connectivity index (χ4v) is 9.86. The smallest absolute Gasteiger partial charge is 0.434 e. The van der Waals surface area contributed by atoms with Crippen LogP contribution in [0.5, 0.6) is 0 Å². The highest BCUT2D eigenvalue weighted by molar-refractivity contribution is 7.13. The van der Waals surface area contributed by atoms with Crippen molar-refractivity contribution in [2.75, 3.05) is 57.5 Å². The van der Waals surface area contributed by atoms with Gasteiger partial charge in [-0.15, -0.1) is 0 Å². The average Bonchev–Trinajstić information content (AvgIpc) is 3.79. The molecule has 226 valence electrons. The summed E-state index contributed by atoms with van der Waals surface area (Å²) in [5.41, 5.74) is 0. The fourth-order valence-electron chi connectivity index (χ4n) is 9.06. The molecule has 1 aromatic carbocycles. The Bertz CT molecular complexity index is 1310. The highest BCUT2D eigenvalue weighted by Gasteiger charge is 2.61. The van der Waals surface area contributed by atoms with Gasteiger partial charge in [0.25, 0.3) is 0 Å². The number of imide groups is 1. The monoisotopic (exact) mass is 595 g/mol. The zero-order valence-corrected chi connectivity index (χ0v) is 25.4. The third-order valence-electron chi connectivity index (χ3n) is 11.2. The van der Waals surface area contributed by atoms with Crippen molar-refractivity contribution in [2.24, 2.45) is 35.5 Å². The molecule has 6 unspecified atom stereocenters. The molecule has 0 spiro atoms. The Morgan fingerprint density at radius 2 is 1.67 bits per heavy atom. The van der Waals surface area contributed by atoms with Crippen molar-refractivity contribution in [3.05, 3.63) is 24.3 Å². The van der Waals surface area contributed by atoms with E-state index in [1.807, 2.05) is 0 Å². The Balaban J connectivity index is 1.07. The summed E-state index contributed by atoms with van der Waals surface area (Å²) >= 11 is 1.54. The molecule has 2 amide bonds. The van der Waals surface area contributed by atoms with Gasteiger partial charge >= 0.3 is 6.16 Å². The van der Waals surface area contributed by atoms with Crippen LogP contribution in [0.4, 0.5) is 10.6 Å². The summed E-state index contributed by atoms with van der Waals surface area (Å²) in [6, 6.07) is 8.37. The maximum Gasteiger partial charge on any atom is 0.512 e. The van der Waals surface area contributed by atoms with Crippen molar-refractivity contribution in [1.82, 2.24) is 9.27 Å². The summed E-state index contributed by atoms with van der Waals surface area (Å²) in [6.45, 7) is 7.12. The molecule has 3 aliphatic carbocycles. The molecule has 7 rings (SSSR count). The molecule has 0 N–H and O–H groups in total. The van der Waals surface area contributed by atoms with E-state index in [0.29, 0.717) is 34.7 Å². The van der Waals surface area contributed by atoms with Crippen LogP contribution in [0.2, 0.25) is 0 Å². The number of carbonyl (C=O) groups is 3. The molecule has 0 radical (unpaired) electrons. The Morgan fingerprint density at radius 1 is 0.976 bits per heavy atom. The first kappa shape index (κ1) is 28.1. The van der Waals surface area contributed by atoms with Gasteiger partial charge in [0.1, 0.15) is 0 Å². The van der Waals surface area contributed by atoms with Crippen molar-refractivity contribution in [1.29, 1.82) is 0 Å². The van der Waals surface area contributed by atoms with Crippen LogP contribution >= 0.6 is 11.5 Å². The molecule has 2 aromatic rings. The van der Waals surface area contributed by atoms with Crippen LogP contribution in [0.3, 0.4) is 0 Å². The van der Waals surface area contributed by atoms with Gasteiger partial charge in [-0.1, -0.05) is 25.0 Å². The van der Waals surface area contributed by atoms with Crippen molar-refractivity contribution < 1.29 is 28.3 Å². The zero-order chi connectivity index (χ0) is 28.8. The molecule has 5 fully saturated rings. The van der Waals surface area contributed by atoms with Crippen LogP contribution in [0, 0.1) is 35.5 Å². The number of anilines is 1. The van der Waals surface area contributed by atoms with Crippen molar-refractivity contribution in [3.63, 3.8) is 0 Å². The Hall–Kier alpha value is -2.72. The minimum absolute atomic E-state index is 0.0514. The number of quaternary nitrogens is 1. The summed E-state index contributed by atoms with van der Waals surface area (Å²) < 4.78 is 17.5. The summed E-state index contributed by atoms with van der Waals surface area (Å²) in [6.07, 6.45) is 7.10. The van der Waals surface area contributed by atoms with Crippen LogP contribution in [0.1, 0.15) is 51.9 Å². The molecule has 2 bridgehead atoms. The molecule has 3 heterocycles. The van der Waals surface area contributed by atoms with Gasteiger partial charge in [-0.3, -0.25) is 19.0 Å². The second-order valence-corrected chi connectivity index (χ2v) is 14.2. The molecule has 10 heteroatoms. The van der Waals surface area contributed by atoms with Crippen molar-refractivity contribution >= 4 is 45.4 Å². The SMILES string of the molecule is CCOC(=O)OC[N+]1(CC2CCCCC2CN2C(=O)C3C4CCC(C4)C3C2=O)CCN(c2nsc3ccccc23)CC1. The van der Waals surface area contributed by atoms with E-state index in [4.69, 9.17) is 13.8 Å². The second kappa shape index (κ2) is 11.4. The molecule has 2 aliphatic heterocycles. The Morgan fingerprint density at radius 3 is 2.38 bits per heavy atom. The molecule has 3 saturated carbocycles. The Labute approximate surface area is 251 Å². The molecule has 6 atom stereocenters. The average molecular weight is 596 g/mol. The molecular weight excluding hydrogens is 552 g/mol. The number of aromatic nitrogens is 1. The zero-order valence-electron chi connectivity index (χ0n) is 24.6. The molecule has 1 aromatic heterocycles. The van der Waals surface area contributed by atoms with E-state index < -0.39 is 6.16 Å². The predicted molar refractivity (Wildman–Crippen MR) is 160 cm³/mol. The molecular formula is C32H43N4O5S+. The number of benzene rings is 1. The number of piperazine rings is 1. The summed E-state index contributed by atoms with van der Waals surface area (Å²) in [7, 11) is 0. The van der Waals surface area contributed by atoms with E-state index in [1.54, 1.807) is 11.8 Å². The predicted octanol–water partition coefficient (Wildman–Crippen LogP) is 4.90. The second-order valence-electron chi connectivity index (χ2n) is 13.4. The third-order valence-corrected chi connectivity index (χ3v) is 12.0. The largest absolute Gasteiger partial charge is 0.512 e.